The van der Waals surface area contributed by atoms with Crippen molar-refractivity contribution in [2.45, 2.75) is 6.04 Å². The van der Waals surface area contributed by atoms with E-state index in [1.807, 2.05) is 5.32 Å². The maximum atomic E-state index is 11.6. The molecule has 1 amide bonds. The third-order valence-corrected chi connectivity index (χ3v) is 2.06. The smallest absolute Gasteiger partial charge is 0.338 e. The van der Waals surface area contributed by atoms with Gasteiger partial charge >= 0.3 is 11.9 Å². The van der Waals surface area contributed by atoms with Gasteiger partial charge in [0.25, 0.3) is 5.91 Å². The topological polar surface area (TPSA) is 104 Å². The molecule has 0 spiro atoms. The highest BCUT2D eigenvalue weighted by molar-refractivity contribution is 6.04. The van der Waals surface area contributed by atoms with Crippen LogP contribution in [0.1, 0.15) is 15.9 Å². The Morgan fingerprint density at radius 2 is 1.61 bits per heavy atom. The fraction of sp³-hybridized carbons (Fsp3) is 0.0833. The van der Waals surface area contributed by atoms with Gasteiger partial charge in [-0.1, -0.05) is 5.92 Å². The molecule has 1 radical (unpaired) electrons. The standard InChI is InChI=1S/C12H8NO5/c1-2-7-3-5-8(6-4-7)10(14)13-9(11(15)16)12(17)18/h3-6,9H,(H,13,14)(H,15,16)(H,17,18). The van der Waals surface area contributed by atoms with Crippen LogP contribution < -0.4 is 5.32 Å². The molecule has 0 atom stereocenters. The first kappa shape index (κ1) is 13.3. The number of carboxylic acid groups (broad SMARTS) is 2. The van der Waals surface area contributed by atoms with Crippen molar-refractivity contribution in [3.05, 3.63) is 41.8 Å². The lowest BCUT2D eigenvalue weighted by molar-refractivity contribution is -0.150. The molecule has 0 aliphatic heterocycles. The molecular formula is C12H8NO5. The number of nitrogens with one attached hydrogen (secondary N) is 1. The maximum Gasteiger partial charge on any atom is 0.338 e. The molecule has 18 heavy (non-hydrogen) atoms. The second-order valence-corrected chi connectivity index (χ2v) is 3.29. The van der Waals surface area contributed by atoms with Crippen LogP contribution >= 0.6 is 0 Å². The SMILES string of the molecule is [C]#Cc1ccc(C(=O)NC(C(=O)O)C(=O)O)cc1. The summed E-state index contributed by atoms with van der Waals surface area (Å²) in [6.45, 7) is 0. The third kappa shape index (κ3) is 3.09. The molecule has 1 aromatic rings. The first-order chi connectivity index (χ1) is 8.45. The Morgan fingerprint density at radius 1 is 1.11 bits per heavy atom. The quantitative estimate of drug-likeness (QED) is 0.508. The molecule has 0 saturated carbocycles. The van der Waals surface area contributed by atoms with Crippen molar-refractivity contribution in [3.63, 3.8) is 0 Å². The van der Waals surface area contributed by atoms with E-state index in [4.69, 9.17) is 16.6 Å². The van der Waals surface area contributed by atoms with Crippen LogP contribution in [-0.4, -0.2) is 34.1 Å². The number of hydrogen-bond donors (Lipinski definition) is 3. The number of aliphatic carboxylic acids is 2. The zero-order valence-electron chi connectivity index (χ0n) is 9.01. The Kier molecular flexibility index (Phi) is 4.05. The first-order valence-electron chi connectivity index (χ1n) is 4.75. The van der Waals surface area contributed by atoms with Gasteiger partial charge in [-0.25, -0.2) is 9.59 Å². The van der Waals surface area contributed by atoms with Gasteiger partial charge in [-0.15, -0.1) is 0 Å². The summed E-state index contributed by atoms with van der Waals surface area (Å²) in [6.07, 6.45) is 6.84. The number of carboxylic acids is 2. The van der Waals surface area contributed by atoms with Crippen molar-refractivity contribution in [1.29, 1.82) is 0 Å². The number of carbonyl (C=O) groups is 3. The molecule has 1 rings (SSSR count). The van der Waals surface area contributed by atoms with E-state index in [0.29, 0.717) is 5.56 Å². The van der Waals surface area contributed by atoms with E-state index in [9.17, 15) is 14.4 Å². The monoisotopic (exact) mass is 246 g/mol. The van der Waals surface area contributed by atoms with Gasteiger partial charge < -0.3 is 15.5 Å². The Labute approximate surface area is 102 Å². The Bertz CT molecular complexity index is 512. The summed E-state index contributed by atoms with van der Waals surface area (Å²) in [5.74, 6) is -2.02. The maximum absolute atomic E-state index is 11.6. The summed E-state index contributed by atoms with van der Waals surface area (Å²) < 4.78 is 0. The average molecular weight is 246 g/mol. The minimum Gasteiger partial charge on any atom is -0.479 e. The molecule has 0 unspecified atom stereocenters. The van der Waals surface area contributed by atoms with Crippen LogP contribution in [-0.2, 0) is 9.59 Å². The van der Waals surface area contributed by atoms with Gasteiger partial charge in [-0.3, -0.25) is 4.79 Å². The van der Waals surface area contributed by atoms with Crippen LogP contribution in [0.4, 0.5) is 0 Å². The van der Waals surface area contributed by atoms with E-state index >= 15 is 0 Å². The molecule has 0 heterocycles. The van der Waals surface area contributed by atoms with Crippen molar-refractivity contribution in [2.24, 2.45) is 0 Å². The lowest BCUT2D eigenvalue weighted by atomic mass is 10.1. The molecule has 6 nitrogen and oxygen atoms in total. The summed E-state index contributed by atoms with van der Waals surface area (Å²) >= 11 is 0. The van der Waals surface area contributed by atoms with Crippen LogP contribution in [0.2, 0.25) is 0 Å². The van der Waals surface area contributed by atoms with Gasteiger partial charge in [0.05, 0.1) is 0 Å². The Balaban J connectivity index is 2.84. The summed E-state index contributed by atoms with van der Waals surface area (Å²) in [7, 11) is 0. The van der Waals surface area contributed by atoms with Gasteiger partial charge in [0.2, 0.25) is 6.04 Å². The zero-order valence-corrected chi connectivity index (χ0v) is 9.01. The van der Waals surface area contributed by atoms with E-state index in [1.54, 1.807) is 0 Å². The second-order valence-electron chi connectivity index (χ2n) is 3.29. The van der Waals surface area contributed by atoms with E-state index < -0.39 is 23.9 Å². The van der Waals surface area contributed by atoms with Crippen LogP contribution in [0.3, 0.4) is 0 Å². The largest absolute Gasteiger partial charge is 0.479 e. The summed E-state index contributed by atoms with van der Waals surface area (Å²) in [5.41, 5.74) is 0.543. The molecule has 91 valence electrons. The van der Waals surface area contributed by atoms with E-state index in [0.717, 1.165) is 0 Å². The van der Waals surface area contributed by atoms with Crippen LogP contribution in [0, 0.1) is 12.3 Å². The highest BCUT2D eigenvalue weighted by atomic mass is 16.4. The summed E-state index contributed by atoms with van der Waals surface area (Å²) in [5, 5.41) is 19.0. The average Bonchev–Trinajstić information content (AvgIpc) is 2.35. The van der Waals surface area contributed by atoms with Crippen molar-refractivity contribution >= 4 is 17.8 Å². The number of amides is 1. The van der Waals surface area contributed by atoms with Gasteiger partial charge in [0, 0.05) is 11.1 Å². The van der Waals surface area contributed by atoms with Gasteiger partial charge in [-0.2, -0.15) is 0 Å². The number of benzene rings is 1. The van der Waals surface area contributed by atoms with E-state index in [2.05, 4.69) is 5.92 Å². The molecule has 0 aliphatic rings. The Hall–Kier alpha value is -2.81. The fourth-order valence-electron chi connectivity index (χ4n) is 1.15. The Morgan fingerprint density at radius 3 is 2.00 bits per heavy atom. The summed E-state index contributed by atoms with van der Waals surface area (Å²) in [4.78, 5) is 32.7. The summed E-state index contributed by atoms with van der Waals surface area (Å²) in [6, 6.07) is 3.54. The highest BCUT2D eigenvalue weighted by Gasteiger charge is 2.27. The van der Waals surface area contributed by atoms with Gasteiger partial charge in [0.15, 0.2) is 0 Å². The zero-order chi connectivity index (χ0) is 13.7. The van der Waals surface area contributed by atoms with Crippen LogP contribution in [0.5, 0.6) is 0 Å². The molecular weight excluding hydrogens is 238 g/mol. The number of hydrogen-bond acceptors (Lipinski definition) is 3. The molecule has 6 heteroatoms. The normalized spacial score (nSPS) is 9.56. The number of carbonyl (C=O) groups excluding carboxylic acids is 1. The van der Waals surface area contributed by atoms with Crippen molar-refractivity contribution < 1.29 is 24.6 Å². The molecule has 3 N–H and O–H groups in total. The molecule has 1 aromatic carbocycles. The molecule has 0 fully saturated rings. The molecule has 0 bridgehead atoms. The van der Waals surface area contributed by atoms with Gasteiger partial charge in [0.1, 0.15) is 0 Å². The minimum atomic E-state index is -1.99. The second kappa shape index (κ2) is 5.50. The lowest BCUT2D eigenvalue weighted by Crippen LogP contribution is -2.46. The predicted molar refractivity (Wildman–Crippen MR) is 59.2 cm³/mol. The minimum absolute atomic E-state index is 0.0986. The van der Waals surface area contributed by atoms with Crippen LogP contribution in [0.15, 0.2) is 24.3 Å². The van der Waals surface area contributed by atoms with Crippen molar-refractivity contribution in [3.8, 4) is 5.92 Å². The first-order valence-corrected chi connectivity index (χ1v) is 4.75. The fourth-order valence-corrected chi connectivity index (χ4v) is 1.15. The lowest BCUT2D eigenvalue weighted by Gasteiger charge is -2.09. The predicted octanol–water partition coefficient (Wildman–Crippen LogP) is -0.108. The number of rotatable bonds is 4. The third-order valence-electron chi connectivity index (χ3n) is 2.06. The van der Waals surface area contributed by atoms with Crippen molar-refractivity contribution in [1.82, 2.24) is 5.32 Å². The van der Waals surface area contributed by atoms with Crippen molar-refractivity contribution in [2.75, 3.05) is 0 Å². The molecule has 0 aliphatic carbocycles. The molecule has 0 aromatic heterocycles. The molecule has 0 saturated heterocycles. The van der Waals surface area contributed by atoms with E-state index in [-0.39, 0.29) is 5.56 Å². The highest BCUT2D eigenvalue weighted by Crippen LogP contribution is 2.03. The van der Waals surface area contributed by atoms with Crippen LogP contribution in [0.25, 0.3) is 0 Å². The van der Waals surface area contributed by atoms with E-state index in [1.165, 1.54) is 24.3 Å². The van der Waals surface area contributed by atoms with Gasteiger partial charge in [-0.05, 0) is 30.7 Å².